The van der Waals surface area contributed by atoms with Crippen molar-refractivity contribution in [2.24, 2.45) is 0 Å². The van der Waals surface area contributed by atoms with Crippen LogP contribution < -0.4 is 10.6 Å². The van der Waals surface area contributed by atoms with Crippen LogP contribution in [0.15, 0.2) is 24.3 Å². The van der Waals surface area contributed by atoms with Crippen molar-refractivity contribution in [3.05, 3.63) is 24.3 Å². The molecule has 0 saturated carbocycles. The van der Waals surface area contributed by atoms with Crippen LogP contribution >= 0.6 is 0 Å². The van der Waals surface area contributed by atoms with Gasteiger partial charge in [-0.3, -0.25) is 14.5 Å². The number of para-hydroxylation sites is 2. The molecule has 0 aliphatic carbocycles. The quantitative estimate of drug-likeness (QED) is 0.771. The fraction of sp³-hybridized carbons (Fsp3) is 0.385. The molecule has 18 heavy (non-hydrogen) atoms. The van der Waals surface area contributed by atoms with E-state index in [-0.39, 0.29) is 5.91 Å². The van der Waals surface area contributed by atoms with Crippen molar-refractivity contribution in [2.75, 3.05) is 30.3 Å². The predicted octanol–water partition coefficient (Wildman–Crippen LogP) is 1.29. The van der Waals surface area contributed by atoms with Crippen LogP contribution in [0.3, 0.4) is 0 Å². The molecule has 0 bridgehead atoms. The van der Waals surface area contributed by atoms with E-state index in [4.69, 9.17) is 0 Å². The van der Waals surface area contributed by atoms with Gasteiger partial charge in [0, 0.05) is 0 Å². The smallest absolute Gasteiger partial charge is 0.238 e. The highest BCUT2D eigenvalue weighted by molar-refractivity contribution is 5.96. The molecule has 0 aromatic heterocycles. The molecule has 1 aliphatic heterocycles. The lowest BCUT2D eigenvalue weighted by molar-refractivity contribution is -0.117. The second kappa shape index (κ2) is 6.16. The average Bonchev–Trinajstić information content (AvgIpc) is 2.84. The molecule has 1 fully saturated rings. The van der Waals surface area contributed by atoms with Crippen LogP contribution in [-0.2, 0) is 9.59 Å². The minimum absolute atomic E-state index is 0.0444. The first-order valence-corrected chi connectivity index (χ1v) is 6.11. The highest BCUT2D eigenvalue weighted by Crippen LogP contribution is 2.20. The Morgan fingerprint density at radius 1 is 1.22 bits per heavy atom. The zero-order chi connectivity index (χ0) is 12.8. The van der Waals surface area contributed by atoms with Crippen molar-refractivity contribution in [3.8, 4) is 0 Å². The summed E-state index contributed by atoms with van der Waals surface area (Å²) >= 11 is 0. The largest absolute Gasteiger partial charge is 0.327 e. The summed E-state index contributed by atoms with van der Waals surface area (Å²) in [7, 11) is 0. The number of anilines is 2. The van der Waals surface area contributed by atoms with E-state index in [1.54, 1.807) is 12.1 Å². The molecule has 1 aromatic rings. The number of hydrogen-bond donors (Lipinski definition) is 2. The Morgan fingerprint density at radius 2 is 1.89 bits per heavy atom. The molecule has 2 N–H and O–H groups in total. The van der Waals surface area contributed by atoms with Gasteiger partial charge in [-0.1, -0.05) is 12.1 Å². The summed E-state index contributed by atoms with van der Waals surface area (Å²) in [5.41, 5.74) is 1.25. The summed E-state index contributed by atoms with van der Waals surface area (Å²) in [4.78, 5) is 24.4. The van der Waals surface area contributed by atoms with Gasteiger partial charge in [-0.05, 0) is 38.1 Å². The van der Waals surface area contributed by atoms with Gasteiger partial charge in [-0.15, -0.1) is 0 Å². The van der Waals surface area contributed by atoms with Crippen LogP contribution in [0.5, 0.6) is 0 Å². The summed E-state index contributed by atoms with van der Waals surface area (Å²) in [6.07, 6.45) is 2.93. The van der Waals surface area contributed by atoms with Crippen molar-refractivity contribution in [3.63, 3.8) is 0 Å². The number of nitrogens with one attached hydrogen (secondary N) is 2. The minimum Gasteiger partial charge on any atom is -0.327 e. The summed E-state index contributed by atoms with van der Waals surface area (Å²) < 4.78 is 0. The molecular weight excluding hydrogens is 230 g/mol. The molecule has 1 heterocycles. The minimum atomic E-state index is -0.0444. The van der Waals surface area contributed by atoms with Gasteiger partial charge in [0.25, 0.3) is 0 Å². The topological polar surface area (TPSA) is 61.4 Å². The zero-order valence-electron chi connectivity index (χ0n) is 10.2. The third kappa shape index (κ3) is 3.30. The van der Waals surface area contributed by atoms with E-state index >= 15 is 0 Å². The van der Waals surface area contributed by atoms with Gasteiger partial charge in [-0.2, -0.15) is 0 Å². The fourth-order valence-corrected chi connectivity index (χ4v) is 2.12. The molecule has 1 saturated heterocycles. The second-order valence-electron chi connectivity index (χ2n) is 4.34. The predicted molar refractivity (Wildman–Crippen MR) is 70.4 cm³/mol. The lowest BCUT2D eigenvalue weighted by Crippen LogP contribution is -2.31. The number of hydrogen-bond acceptors (Lipinski definition) is 3. The zero-order valence-corrected chi connectivity index (χ0v) is 10.2. The van der Waals surface area contributed by atoms with Gasteiger partial charge in [0.1, 0.15) is 0 Å². The van der Waals surface area contributed by atoms with E-state index in [9.17, 15) is 9.59 Å². The first-order valence-electron chi connectivity index (χ1n) is 6.11. The van der Waals surface area contributed by atoms with Gasteiger partial charge >= 0.3 is 0 Å². The van der Waals surface area contributed by atoms with Crippen LogP contribution in [0.1, 0.15) is 12.8 Å². The number of carbonyl (C=O) groups is 2. The summed E-state index contributed by atoms with van der Waals surface area (Å²) in [6.45, 7) is 2.39. The second-order valence-corrected chi connectivity index (χ2v) is 4.34. The van der Waals surface area contributed by atoms with E-state index in [1.807, 2.05) is 12.1 Å². The van der Waals surface area contributed by atoms with Gasteiger partial charge in [0.05, 0.1) is 17.9 Å². The SMILES string of the molecule is O=CNc1ccccc1NC(=O)CN1CCCC1. The number of nitrogens with zero attached hydrogens (tertiary/aromatic N) is 1. The molecule has 2 rings (SSSR count). The van der Waals surface area contributed by atoms with Crippen LogP contribution in [0.2, 0.25) is 0 Å². The van der Waals surface area contributed by atoms with E-state index < -0.39 is 0 Å². The first-order chi connectivity index (χ1) is 8.79. The Labute approximate surface area is 106 Å². The lowest BCUT2D eigenvalue weighted by Gasteiger charge is -2.15. The normalized spacial score (nSPS) is 15.3. The number of benzene rings is 1. The third-order valence-electron chi connectivity index (χ3n) is 2.98. The van der Waals surface area contributed by atoms with E-state index in [0.29, 0.717) is 24.3 Å². The number of likely N-dealkylation sites (tertiary alicyclic amines) is 1. The van der Waals surface area contributed by atoms with Gasteiger partial charge in [0.15, 0.2) is 0 Å². The monoisotopic (exact) mass is 247 g/mol. The first kappa shape index (κ1) is 12.6. The summed E-state index contributed by atoms with van der Waals surface area (Å²) in [5, 5.41) is 5.39. The van der Waals surface area contributed by atoms with Gasteiger partial charge < -0.3 is 10.6 Å². The molecule has 0 spiro atoms. The molecule has 1 aromatic carbocycles. The maximum absolute atomic E-state index is 11.9. The molecule has 0 unspecified atom stereocenters. The number of carbonyl (C=O) groups excluding carboxylic acids is 2. The van der Waals surface area contributed by atoms with Crippen molar-refractivity contribution in [2.45, 2.75) is 12.8 Å². The molecule has 5 heteroatoms. The van der Waals surface area contributed by atoms with Gasteiger partial charge in [0.2, 0.25) is 12.3 Å². The van der Waals surface area contributed by atoms with Gasteiger partial charge in [-0.25, -0.2) is 0 Å². The number of rotatable bonds is 5. The Kier molecular flexibility index (Phi) is 4.30. The Hall–Kier alpha value is -1.88. The summed E-state index contributed by atoms with van der Waals surface area (Å²) in [5.74, 6) is -0.0444. The van der Waals surface area contributed by atoms with E-state index in [0.717, 1.165) is 25.9 Å². The molecule has 0 atom stereocenters. The van der Waals surface area contributed by atoms with Crippen LogP contribution in [-0.4, -0.2) is 36.9 Å². The third-order valence-corrected chi connectivity index (χ3v) is 2.98. The van der Waals surface area contributed by atoms with Crippen LogP contribution in [0.25, 0.3) is 0 Å². The van der Waals surface area contributed by atoms with E-state index in [1.165, 1.54) is 0 Å². The Bertz CT molecular complexity index is 428. The maximum Gasteiger partial charge on any atom is 0.238 e. The maximum atomic E-state index is 11.9. The highest BCUT2D eigenvalue weighted by Gasteiger charge is 2.15. The van der Waals surface area contributed by atoms with Crippen molar-refractivity contribution in [1.82, 2.24) is 4.90 Å². The van der Waals surface area contributed by atoms with Crippen LogP contribution in [0.4, 0.5) is 11.4 Å². The molecule has 0 radical (unpaired) electrons. The van der Waals surface area contributed by atoms with Crippen molar-refractivity contribution < 1.29 is 9.59 Å². The Morgan fingerprint density at radius 3 is 2.56 bits per heavy atom. The van der Waals surface area contributed by atoms with Crippen molar-refractivity contribution in [1.29, 1.82) is 0 Å². The fourth-order valence-electron chi connectivity index (χ4n) is 2.12. The summed E-state index contributed by atoms with van der Waals surface area (Å²) in [6, 6.07) is 7.15. The molecule has 1 aliphatic rings. The molecular formula is C13H17N3O2. The lowest BCUT2D eigenvalue weighted by atomic mass is 10.2. The van der Waals surface area contributed by atoms with Crippen LogP contribution in [0, 0.1) is 0 Å². The highest BCUT2D eigenvalue weighted by atomic mass is 16.2. The molecule has 5 nitrogen and oxygen atoms in total. The Balaban J connectivity index is 1.95. The number of amides is 2. The molecule has 2 amide bonds. The van der Waals surface area contributed by atoms with Crippen molar-refractivity contribution >= 4 is 23.7 Å². The van der Waals surface area contributed by atoms with E-state index in [2.05, 4.69) is 15.5 Å². The average molecular weight is 247 g/mol. The standard InChI is InChI=1S/C13H17N3O2/c17-10-14-11-5-1-2-6-12(11)15-13(18)9-16-7-3-4-8-16/h1-2,5-6,10H,3-4,7-9H2,(H,14,17)(H,15,18). The molecule has 96 valence electrons.